The molecule has 0 spiro atoms. The topological polar surface area (TPSA) is 85.2 Å². The highest BCUT2D eigenvalue weighted by atomic mass is 19.4. The Morgan fingerprint density at radius 1 is 1.18 bits per heavy atom. The molecule has 10 heteroatoms. The van der Waals surface area contributed by atoms with Crippen molar-refractivity contribution in [2.24, 2.45) is 5.92 Å². The second-order valence-corrected chi connectivity index (χ2v) is 6.90. The number of halogens is 3. The highest BCUT2D eigenvalue weighted by Crippen LogP contribution is 2.37. The summed E-state index contributed by atoms with van der Waals surface area (Å²) in [7, 11) is 0. The maximum Gasteiger partial charge on any atom is 0.433 e. The van der Waals surface area contributed by atoms with Gasteiger partial charge in [-0.3, -0.25) is 14.3 Å². The van der Waals surface area contributed by atoms with Crippen molar-refractivity contribution in [2.75, 3.05) is 4.90 Å². The van der Waals surface area contributed by atoms with Gasteiger partial charge in [0.25, 0.3) is 11.8 Å². The van der Waals surface area contributed by atoms with Crippen molar-refractivity contribution in [1.82, 2.24) is 14.8 Å². The standard InChI is InChI=1S/C18H15F3N4O3/c19-18(20,21)14-3-1-2-12(22-14)16(27)25-13-8-24(23-15(13)17(25)28)11-6-4-10(9-26)5-7-11/h1-3,8-11H,4-7H2. The normalized spacial score (nSPS) is 21.8. The first-order valence-electron chi connectivity index (χ1n) is 8.77. The van der Waals surface area contributed by atoms with Gasteiger partial charge < -0.3 is 4.79 Å². The number of rotatable bonds is 3. The number of amides is 2. The zero-order valence-electron chi connectivity index (χ0n) is 14.5. The Hall–Kier alpha value is -3.04. The molecule has 3 heterocycles. The lowest BCUT2D eigenvalue weighted by molar-refractivity contribution is -0.141. The molecule has 1 aliphatic heterocycles. The highest BCUT2D eigenvalue weighted by molar-refractivity contribution is 6.33. The van der Waals surface area contributed by atoms with Gasteiger partial charge in [0.2, 0.25) is 0 Å². The van der Waals surface area contributed by atoms with E-state index >= 15 is 0 Å². The summed E-state index contributed by atoms with van der Waals surface area (Å²) in [6.07, 6.45) is 0.704. The zero-order valence-corrected chi connectivity index (χ0v) is 14.5. The largest absolute Gasteiger partial charge is 0.433 e. The third kappa shape index (κ3) is 2.98. The van der Waals surface area contributed by atoms with Crippen molar-refractivity contribution in [1.29, 1.82) is 0 Å². The van der Waals surface area contributed by atoms with Crippen LogP contribution < -0.4 is 4.90 Å². The molecule has 0 N–H and O–H groups in total. The van der Waals surface area contributed by atoms with Crippen molar-refractivity contribution < 1.29 is 27.6 Å². The van der Waals surface area contributed by atoms with Gasteiger partial charge in [0, 0.05) is 5.92 Å². The predicted molar refractivity (Wildman–Crippen MR) is 89.7 cm³/mol. The number of hydrogen-bond donors (Lipinski definition) is 0. The average Bonchev–Trinajstić information content (AvgIpc) is 3.07. The van der Waals surface area contributed by atoms with Gasteiger partial charge in [-0.25, -0.2) is 9.88 Å². The van der Waals surface area contributed by atoms with E-state index in [2.05, 4.69) is 10.1 Å². The summed E-state index contributed by atoms with van der Waals surface area (Å²) in [6.45, 7) is 0. The van der Waals surface area contributed by atoms with Gasteiger partial charge >= 0.3 is 6.18 Å². The van der Waals surface area contributed by atoms with E-state index in [0.717, 1.165) is 55.1 Å². The minimum absolute atomic E-state index is 0.0123. The first-order chi connectivity index (χ1) is 13.3. The Morgan fingerprint density at radius 3 is 2.54 bits per heavy atom. The lowest BCUT2D eigenvalue weighted by Gasteiger charge is -2.26. The molecule has 0 saturated heterocycles. The summed E-state index contributed by atoms with van der Waals surface area (Å²) in [6, 6.07) is 2.98. The number of alkyl halides is 3. The fourth-order valence-corrected chi connectivity index (χ4v) is 3.58. The van der Waals surface area contributed by atoms with Crippen molar-refractivity contribution >= 4 is 23.8 Å². The maximum atomic E-state index is 12.8. The smallest absolute Gasteiger partial charge is 0.303 e. The Kier molecular flexibility index (Phi) is 4.28. The number of carbonyl (C=O) groups excluding carboxylic acids is 3. The van der Waals surface area contributed by atoms with E-state index in [-0.39, 0.29) is 23.3 Å². The molecular formula is C18H15F3N4O3. The van der Waals surface area contributed by atoms with Gasteiger partial charge in [-0.2, -0.15) is 18.3 Å². The van der Waals surface area contributed by atoms with E-state index in [9.17, 15) is 27.6 Å². The zero-order chi connectivity index (χ0) is 20.1. The summed E-state index contributed by atoms with van der Waals surface area (Å²) >= 11 is 0. The van der Waals surface area contributed by atoms with Crippen molar-refractivity contribution in [2.45, 2.75) is 37.9 Å². The first kappa shape index (κ1) is 18.3. The second kappa shape index (κ2) is 6.54. The highest BCUT2D eigenvalue weighted by Gasteiger charge is 2.43. The molecule has 0 bridgehead atoms. The number of nitrogens with zero attached hydrogens (tertiary/aromatic N) is 4. The van der Waals surface area contributed by atoms with Crippen LogP contribution in [-0.2, 0) is 11.0 Å². The van der Waals surface area contributed by atoms with E-state index in [0.29, 0.717) is 0 Å². The van der Waals surface area contributed by atoms with Crippen LogP contribution in [0.25, 0.3) is 0 Å². The second-order valence-electron chi connectivity index (χ2n) is 6.90. The molecule has 0 aromatic carbocycles. The van der Waals surface area contributed by atoms with Gasteiger partial charge in [0.1, 0.15) is 23.4 Å². The molecule has 2 aliphatic rings. The molecule has 28 heavy (non-hydrogen) atoms. The van der Waals surface area contributed by atoms with Crippen LogP contribution in [0.4, 0.5) is 18.9 Å². The number of imide groups is 1. The third-order valence-electron chi connectivity index (χ3n) is 5.13. The van der Waals surface area contributed by atoms with Crippen LogP contribution in [0.2, 0.25) is 0 Å². The third-order valence-corrected chi connectivity index (χ3v) is 5.13. The molecule has 4 rings (SSSR count). The van der Waals surface area contributed by atoms with Gasteiger partial charge in [-0.15, -0.1) is 0 Å². The van der Waals surface area contributed by atoms with Crippen LogP contribution in [0.3, 0.4) is 0 Å². The van der Waals surface area contributed by atoms with Crippen LogP contribution in [0.1, 0.15) is 58.4 Å². The Balaban J connectivity index is 1.56. The van der Waals surface area contributed by atoms with E-state index < -0.39 is 29.4 Å². The van der Waals surface area contributed by atoms with Gasteiger partial charge in [-0.05, 0) is 37.8 Å². The van der Waals surface area contributed by atoms with E-state index in [1.807, 2.05) is 0 Å². The number of pyridine rings is 1. The fourth-order valence-electron chi connectivity index (χ4n) is 3.58. The summed E-state index contributed by atoms with van der Waals surface area (Å²) < 4.78 is 40.1. The molecule has 2 aromatic rings. The minimum atomic E-state index is -4.69. The number of hydrogen-bond acceptors (Lipinski definition) is 5. The number of fused-ring (bicyclic) bond motifs is 1. The predicted octanol–water partition coefficient (Wildman–Crippen LogP) is 3.03. The molecule has 0 atom stereocenters. The fraction of sp³-hybridized carbons (Fsp3) is 0.389. The van der Waals surface area contributed by atoms with Gasteiger partial charge in [0.05, 0.1) is 12.2 Å². The molecule has 0 unspecified atom stereocenters. The summed E-state index contributed by atoms with van der Waals surface area (Å²) in [5.41, 5.74) is -1.30. The minimum Gasteiger partial charge on any atom is -0.303 e. The molecule has 1 saturated carbocycles. The molecule has 1 fully saturated rings. The maximum absolute atomic E-state index is 12.8. The Labute approximate surface area is 157 Å². The van der Waals surface area contributed by atoms with Crippen LogP contribution >= 0.6 is 0 Å². The summed E-state index contributed by atoms with van der Waals surface area (Å²) in [5.74, 6) is -1.56. The number of aromatic nitrogens is 3. The number of anilines is 1. The van der Waals surface area contributed by atoms with Crippen LogP contribution in [-0.4, -0.2) is 32.9 Å². The molecule has 2 amide bonds. The first-order valence-corrected chi connectivity index (χ1v) is 8.77. The monoisotopic (exact) mass is 392 g/mol. The molecule has 2 aromatic heterocycles. The van der Waals surface area contributed by atoms with E-state index in [4.69, 9.17) is 0 Å². The number of carbonyl (C=O) groups is 3. The SMILES string of the molecule is O=CC1CCC(n2cc3c(n2)C(=O)N3C(=O)c2cccc(C(F)(F)F)n2)CC1. The van der Waals surface area contributed by atoms with Crippen molar-refractivity contribution in [3.8, 4) is 0 Å². The van der Waals surface area contributed by atoms with Crippen molar-refractivity contribution in [3.63, 3.8) is 0 Å². The van der Waals surface area contributed by atoms with Crippen LogP contribution in [0.15, 0.2) is 24.4 Å². The molecule has 7 nitrogen and oxygen atoms in total. The summed E-state index contributed by atoms with van der Waals surface area (Å²) in [4.78, 5) is 39.8. The van der Waals surface area contributed by atoms with Crippen molar-refractivity contribution in [3.05, 3.63) is 41.5 Å². The lowest BCUT2D eigenvalue weighted by Crippen LogP contribution is -2.45. The van der Waals surface area contributed by atoms with Crippen LogP contribution in [0.5, 0.6) is 0 Å². The molecule has 0 radical (unpaired) electrons. The average molecular weight is 392 g/mol. The van der Waals surface area contributed by atoms with Gasteiger partial charge in [0.15, 0.2) is 5.69 Å². The quantitative estimate of drug-likeness (QED) is 0.592. The Bertz CT molecular complexity index is 961. The molecule has 146 valence electrons. The Morgan fingerprint density at radius 2 is 1.89 bits per heavy atom. The van der Waals surface area contributed by atoms with Gasteiger partial charge in [-0.1, -0.05) is 6.07 Å². The van der Waals surface area contributed by atoms with E-state index in [1.54, 1.807) is 10.9 Å². The lowest BCUT2D eigenvalue weighted by atomic mass is 9.87. The van der Waals surface area contributed by atoms with Crippen LogP contribution in [0, 0.1) is 5.92 Å². The number of aldehydes is 1. The molecular weight excluding hydrogens is 377 g/mol. The summed E-state index contributed by atoms with van der Waals surface area (Å²) in [5, 5.41) is 4.22. The molecule has 1 aliphatic carbocycles. The van der Waals surface area contributed by atoms with E-state index in [1.165, 1.54) is 0 Å².